The predicted octanol–water partition coefficient (Wildman–Crippen LogP) is 2.27. The van der Waals surface area contributed by atoms with E-state index in [4.69, 9.17) is 14.9 Å². The first-order valence-corrected chi connectivity index (χ1v) is 7.12. The minimum absolute atomic E-state index is 0.619. The summed E-state index contributed by atoms with van der Waals surface area (Å²) in [6, 6.07) is 5.56. The summed E-state index contributed by atoms with van der Waals surface area (Å²) in [4.78, 5) is 6.74. The molecular formula is C15H21N3O2. The molecule has 1 fully saturated rings. The van der Waals surface area contributed by atoms with Crippen LogP contribution in [0.1, 0.15) is 18.7 Å². The van der Waals surface area contributed by atoms with Crippen LogP contribution in [0.15, 0.2) is 22.6 Å². The summed E-state index contributed by atoms with van der Waals surface area (Å²) < 4.78 is 11.3. The number of nitrogens with zero attached hydrogens (tertiary/aromatic N) is 2. The Morgan fingerprint density at radius 2 is 2.35 bits per heavy atom. The van der Waals surface area contributed by atoms with Gasteiger partial charge in [0.25, 0.3) is 0 Å². The van der Waals surface area contributed by atoms with Crippen molar-refractivity contribution in [2.24, 2.45) is 5.92 Å². The van der Waals surface area contributed by atoms with Gasteiger partial charge in [-0.15, -0.1) is 0 Å². The second-order valence-electron chi connectivity index (χ2n) is 5.61. The molecule has 1 atom stereocenters. The number of aromatic nitrogens is 1. The number of benzene rings is 1. The zero-order valence-corrected chi connectivity index (χ0v) is 11.8. The second kappa shape index (κ2) is 5.81. The Morgan fingerprint density at radius 1 is 1.45 bits per heavy atom. The lowest BCUT2D eigenvalue weighted by Gasteiger charge is -2.26. The van der Waals surface area contributed by atoms with Crippen molar-refractivity contribution in [1.29, 1.82) is 0 Å². The summed E-state index contributed by atoms with van der Waals surface area (Å²) in [6.07, 6.45) is 2.41. The molecule has 1 aromatic heterocycles. The third-order valence-corrected chi connectivity index (χ3v) is 3.69. The fourth-order valence-electron chi connectivity index (χ4n) is 2.74. The minimum atomic E-state index is 0.619. The van der Waals surface area contributed by atoms with E-state index in [0.717, 1.165) is 36.7 Å². The lowest BCUT2D eigenvalue weighted by Crippen LogP contribution is -2.30. The maximum Gasteiger partial charge on any atom is 0.209 e. The molecule has 2 N–H and O–H groups in total. The van der Waals surface area contributed by atoms with E-state index in [1.54, 1.807) is 0 Å². The van der Waals surface area contributed by atoms with Crippen LogP contribution in [-0.2, 0) is 11.3 Å². The highest BCUT2D eigenvalue weighted by atomic mass is 16.5. The van der Waals surface area contributed by atoms with Crippen LogP contribution < -0.4 is 5.73 Å². The van der Waals surface area contributed by atoms with Crippen LogP contribution in [0.5, 0.6) is 0 Å². The molecule has 0 bridgehead atoms. The fourth-order valence-corrected chi connectivity index (χ4v) is 2.74. The van der Waals surface area contributed by atoms with E-state index in [-0.39, 0.29) is 0 Å². The van der Waals surface area contributed by atoms with Crippen molar-refractivity contribution in [2.45, 2.75) is 19.4 Å². The molecule has 2 heterocycles. The zero-order valence-electron chi connectivity index (χ0n) is 11.8. The van der Waals surface area contributed by atoms with Crippen molar-refractivity contribution < 1.29 is 9.15 Å². The van der Waals surface area contributed by atoms with Gasteiger partial charge in [-0.25, -0.2) is 4.98 Å². The number of oxazole rings is 1. The van der Waals surface area contributed by atoms with Gasteiger partial charge < -0.3 is 14.9 Å². The number of rotatable bonds is 4. The molecule has 0 radical (unpaired) electrons. The summed E-state index contributed by atoms with van der Waals surface area (Å²) >= 11 is 0. The van der Waals surface area contributed by atoms with Crippen molar-refractivity contribution in [3.8, 4) is 0 Å². The highest BCUT2D eigenvalue weighted by Crippen LogP contribution is 2.20. The molecule has 0 saturated carbocycles. The SMILES string of the molecule is CN(Cc1nc2ccc(N)cc2o1)CC1CCCOC1. The van der Waals surface area contributed by atoms with Crippen LogP contribution in [0.3, 0.4) is 0 Å². The maximum atomic E-state index is 5.75. The van der Waals surface area contributed by atoms with Crippen molar-refractivity contribution in [2.75, 3.05) is 32.5 Å². The van der Waals surface area contributed by atoms with Gasteiger partial charge in [-0.05, 0) is 37.9 Å². The van der Waals surface area contributed by atoms with E-state index in [1.165, 1.54) is 12.8 Å². The summed E-state index contributed by atoms with van der Waals surface area (Å²) in [5.41, 5.74) is 8.07. The number of ether oxygens (including phenoxy) is 1. The predicted molar refractivity (Wildman–Crippen MR) is 78.3 cm³/mol. The number of nitrogen functional groups attached to an aromatic ring is 1. The van der Waals surface area contributed by atoms with E-state index in [1.807, 2.05) is 18.2 Å². The largest absolute Gasteiger partial charge is 0.439 e. The van der Waals surface area contributed by atoms with Gasteiger partial charge >= 0.3 is 0 Å². The molecule has 2 aromatic rings. The first kappa shape index (κ1) is 13.4. The molecule has 1 unspecified atom stereocenters. The molecule has 1 saturated heterocycles. The first-order chi connectivity index (χ1) is 9.70. The number of hydrogen-bond donors (Lipinski definition) is 1. The van der Waals surface area contributed by atoms with E-state index in [2.05, 4.69) is 16.9 Å². The topological polar surface area (TPSA) is 64.5 Å². The third kappa shape index (κ3) is 3.11. The van der Waals surface area contributed by atoms with Crippen LogP contribution in [0.25, 0.3) is 11.1 Å². The molecule has 20 heavy (non-hydrogen) atoms. The van der Waals surface area contributed by atoms with Gasteiger partial charge in [-0.2, -0.15) is 0 Å². The Kier molecular flexibility index (Phi) is 3.89. The van der Waals surface area contributed by atoms with Crippen LogP contribution >= 0.6 is 0 Å². The average Bonchev–Trinajstić information content (AvgIpc) is 2.80. The summed E-state index contributed by atoms with van der Waals surface area (Å²) in [7, 11) is 2.10. The Bertz CT molecular complexity index is 576. The molecule has 1 aromatic carbocycles. The Labute approximate surface area is 118 Å². The first-order valence-electron chi connectivity index (χ1n) is 7.12. The van der Waals surface area contributed by atoms with Gasteiger partial charge in [-0.1, -0.05) is 0 Å². The van der Waals surface area contributed by atoms with Crippen LogP contribution in [0.4, 0.5) is 5.69 Å². The number of fused-ring (bicyclic) bond motifs is 1. The molecule has 3 rings (SSSR count). The van der Waals surface area contributed by atoms with Crippen molar-refractivity contribution in [3.63, 3.8) is 0 Å². The highest BCUT2D eigenvalue weighted by Gasteiger charge is 2.17. The second-order valence-corrected chi connectivity index (χ2v) is 5.61. The molecule has 0 aliphatic carbocycles. The molecule has 0 spiro atoms. The highest BCUT2D eigenvalue weighted by molar-refractivity contribution is 5.76. The van der Waals surface area contributed by atoms with Crippen molar-refractivity contribution >= 4 is 16.8 Å². The zero-order chi connectivity index (χ0) is 13.9. The van der Waals surface area contributed by atoms with Crippen LogP contribution in [-0.4, -0.2) is 36.7 Å². The summed E-state index contributed by atoms with van der Waals surface area (Å²) in [6.45, 7) is 3.51. The smallest absolute Gasteiger partial charge is 0.209 e. The molecule has 108 valence electrons. The number of nitrogens with two attached hydrogens (primary N) is 1. The van der Waals surface area contributed by atoms with Gasteiger partial charge in [0.05, 0.1) is 13.2 Å². The van der Waals surface area contributed by atoms with Crippen molar-refractivity contribution in [3.05, 3.63) is 24.1 Å². The quantitative estimate of drug-likeness (QED) is 0.867. The van der Waals surface area contributed by atoms with E-state index in [0.29, 0.717) is 18.2 Å². The maximum absolute atomic E-state index is 5.75. The average molecular weight is 275 g/mol. The Balaban J connectivity index is 1.63. The molecular weight excluding hydrogens is 254 g/mol. The molecule has 1 aliphatic heterocycles. The van der Waals surface area contributed by atoms with Gasteiger partial charge in [0.2, 0.25) is 5.89 Å². The minimum Gasteiger partial charge on any atom is -0.439 e. The Morgan fingerprint density at radius 3 is 3.15 bits per heavy atom. The van der Waals surface area contributed by atoms with E-state index in [9.17, 15) is 0 Å². The Hall–Kier alpha value is -1.59. The summed E-state index contributed by atoms with van der Waals surface area (Å²) in [5.74, 6) is 1.36. The van der Waals surface area contributed by atoms with Crippen LogP contribution in [0.2, 0.25) is 0 Å². The lowest BCUT2D eigenvalue weighted by atomic mass is 10.0. The third-order valence-electron chi connectivity index (χ3n) is 3.69. The molecule has 1 aliphatic rings. The van der Waals surface area contributed by atoms with Gasteiger partial charge in [-0.3, -0.25) is 4.90 Å². The molecule has 0 amide bonds. The molecule has 5 heteroatoms. The number of anilines is 1. The van der Waals surface area contributed by atoms with Crippen LogP contribution in [0, 0.1) is 5.92 Å². The monoisotopic (exact) mass is 275 g/mol. The van der Waals surface area contributed by atoms with E-state index < -0.39 is 0 Å². The summed E-state index contributed by atoms with van der Waals surface area (Å²) in [5, 5.41) is 0. The van der Waals surface area contributed by atoms with Crippen molar-refractivity contribution in [1.82, 2.24) is 9.88 Å². The number of hydrogen-bond acceptors (Lipinski definition) is 5. The van der Waals surface area contributed by atoms with Gasteiger partial charge in [0.1, 0.15) is 5.52 Å². The standard InChI is InChI=1S/C15H21N3O2/c1-18(8-11-3-2-6-19-10-11)9-15-17-13-5-4-12(16)7-14(13)20-15/h4-5,7,11H,2-3,6,8-10,16H2,1H3. The van der Waals surface area contributed by atoms with Gasteiger partial charge in [0.15, 0.2) is 5.58 Å². The normalized spacial score (nSPS) is 19.8. The van der Waals surface area contributed by atoms with Gasteiger partial charge in [0, 0.05) is 24.9 Å². The fraction of sp³-hybridized carbons (Fsp3) is 0.533. The van der Waals surface area contributed by atoms with E-state index >= 15 is 0 Å². The molecule has 5 nitrogen and oxygen atoms in total. The lowest BCUT2D eigenvalue weighted by molar-refractivity contribution is 0.0402.